The molecule has 2 aliphatic carbocycles. The first-order chi connectivity index (χ1) is 12.7. The molecule has 2 bridgehead atoms. The predicted molar refractivity (Wildman–Crippen MR) is 104 cm³/mol. The van der Waals surface area contributed by atoms with Crippen molar-refractivity contribution < 1.29 is 9.18 Å². The second-order valence-corrected chi connectivity index (χ2v) is 9.14. The van der Waals surface area contributed by atoms with Crippen molar-refractivity contribution in [3.8, 4) is 0 Å². The van der Waals surface area contributed by atoms with Gasteiger partial charge in [-0.25, -0.2) is 4.39 Å². The lowest BCUT2D eigenvalue weighted by Gasteiger charge is -2.43. The molecule has 0 aliphatic heterocycles. The summed E-state index contributed by atoms with van der Waals surface area (Å²) in [6.07, 6.45) is 5.02. The van der Waals surface area contributed by atoms with Crippen LogP contribution in [0.3, 0.4) is 0 Å². The molecule has 4 rings (SSSR count). The number of amides is 1. The van der Waals surface area contributed by atoms with Gasteiger partial charge in [0.1, 0.15) is 11.4 Å². The van der Waals surface area contributed by atoms with Gasteiger partial charge >= 0.3 is 0 Å². The Morgan fingerprint density at radius 3 is 2.70 bits per heavy atom. The van der Waals surface area contributed by atoms with E-state index in [-0.39, 0.29) is 33.8 Å². The van der Waals surface area contributed by atoms with Gasteiger partial charge in [-0.15, -0.1) is 0 Å². The number of benzene rings is 1. The van der Waals surface area contributed by atoms with E-state index in [0.29, 0.717) is 23.4 Å². The van der Waals surface area contributed by atoms with Crippen LogP contribution in [0.2, 0.25) is 0 Å². The fourth-order valence-electron chi connectivity index (χ4n) is 5.66. The highest BCUT2D eigenvalue weighted by molar-refractivity contribution is 5.97. The van der Waals surface area contributed by atoms with E-state index in [1.54, 1.807) is 10.8 Å². The number of rotatable bonds is 3. The molecule has 0 radical (unpaired) electrons. The first-order valence-electron chi connectivity index (χ1n) is 9.81. The Hall–Kier alpha value is -2.17. The number of hydrogen-bond acceptors (Lipinski definition) is 2. The number of nitrogens with zero attached hydrogens (tertiary/aromatic N) is 1. The quantitative estimate of drug-likeness (QED) is 0.884. The second kappa shape index (κ2) is 5.91. The predicted octanol–water partition coefficient (Wildman–Crippen LogP) is 4.11. The van der Waals surface area contributed by atoms with Crippen LogP contribution in [0.15, 0.2) is 29.2 Å². The van der Waals surface area contributed by atoms with E-state index < -0.39 is 5.82 Å². The number of carbonyl (C=O) groups excluding carboxylic acids is 1. The maximum absolute atomic E-state index is 13.6. The lowest BCUT2D eigenvalue weighted by molar-refractivity contribution is 0.0736. The summed E-state index contributed by atoms with van der Waals surface area (Å²) in [4.78, 5) is 26.0. The van der Waals surface area contributed by atoms with Crippen molar-refractivity contribution in [1.82, 2.24) is 9.88 Å². The lowest BCUT2D eigenvalue weighted by Crippen LogP contribution is -2.53. The number of aryl methyl sites for hydroxylation is 1. The zero-order valence-corrected chi connectivity index (χ0v) is 16.4. The normalized spacial score (nSPS) is 28.6. The van der Waals surface area contributed by atoms with Crippen LogP contribution in [0.5, 0.6) is 0 Å². The molecule has 1 amide bonds. The van der Waals surface area contributed by atoms with E-state index in [0.717, 1.165) is 12.8 Å². The molecule has 2 saturated carbocycles. The van der Waals surface area contributed by atoms with Gasteiger partial charge in [-0.1, -0.05) is 20.8 Å². The fraction of sp³-hybridized carbons (Fsp3) is 0.545. The van der Waals surface area contributed by atoms with Crippen molar-refractivity contribution in [1.29, 1.82) is 0 Å². The van der Waals surface area contributed by atoms with Gasteiger partial charge in [0, 0.05) is 24.2 Å². The highest BCUT2D eigenvalue weighted by Crippen LogP contribution is 2.62. The SMILES string of the molecule is CCn1cc(C(=O)N[C@@H]2C(C)(C)[C@H]3CC[C@]2(C)C3)c(=O)c2ccc(F)cc21. The maximum Gasteiger partial charge on any atom is 0.257 e. The third-order valence-electron chi connectivity index (χ3n) is 7.17. The highest BCUT2D eigenvalue weighted by atomic mass is 19.1. The third kappa shape index (κ3) is 2.62. The van der Waals surface area contributed by atoms with Gasteiger partial charge in [0.05, 0.1) is 5.52 Å². The Kier molecular flexibility index (Phi) is 3.99. The third-order valence-corrected chi connectivity index (χ3v) is 7.17. The van der Waals surface area contributed by atoms with E-state index in [2.05, 4.69) is 26.1 Å². The van der Waals surface area contributed by atoms with Crippen molar-refractivity contribution in [3.63, 3.8) is 0 Å². The number of nitrogens with one attached hydrogen (secondary N) is 1. The molecule has 144 valence electrons. The number of pyridine rings is 1. The zero-order valence-electron chi connectivity index (χ0n) is 16.4. The molecule has 3 atom stereocenters. The Labute approximate surface area is 158 Å². The molecular formula is C22H27FN2O2. The number of fused-ring (bicyclic) bond motifs is 3. The Morgan fingerprint density at radius 2 is 2.07 bits per heavy atom. The van der Waals surface area contributed by atoms with E-state index in [1.165, 1.54) is 24.6 Å². The summed E-state index contributed by atoms with van der Waals surface area (Å²) in [7, 11) is 0. The summed E-state index contributed by atoms with van der Waals surface area (Å²) < 4.78 is 15.4. The minimum Gasteiger partial charge on any atom is -0.348 e. The fourth-order valence-corrected chi connectivity index (χ4v) is 5.66. The number of hydrogen-bond donors (Lipinski definition) is 1. The minimum absolute atomic E-state index is 0.0203. The first-order valence-corrected chi connectivity index (χ1v) is 9.81. The van der Waals surface area contributed by atoms with Crippen LogP contribution in [-0.2, 0) is 6.54 Å². The lowest BCUT2D eigenvalue weighted by atomic mass is 9.68. The molecule has 1 aromatic carbocycles. The molecule has 2 aromatic rings. The highest BCUT2D eigenvalue weighted by Gasteiger charge is 2.59. The summed E-state index contributed by atoms with van der Waals surface area (Å²) in [5, 5.41) is 3.58. The van der Waals surface area contributed by atoms with E-state index in [1.807, 2.05) is 6.92 Å². The summed E-state index contributed by atoms with van der Waals surface area (Å²) >= 11 is 0. The van der Waals surface area contributed by atoms with Gasteiger partial charge in [-0.2, -0.15) is 0 Å². The van der Waals surface area contributed by atoms with Gasteiger partial charge in [-0.3, -0.25) is 9.59 Å². The number of carbonyl (C=O) groups is 1. The molecule has 1 heterocycles. The maximum atomic E-state index is 13.6. The summed E-state index contributed by atoms with van der Waals surface area (Å²) in [6, 6.07) is 4.14. The molecule has 1 N–H and O–H groups in total. The molecular weight excluding hydrogens is 343 g/mol. The van der Waals surface area contributed by atoms with Crippen LogP contribution in [-0.4, -0.2) is 16.5 Å². The van der Waals surface area contributed by atoms with E-state index in [9.17, 15) is 14.0 Å². The van der Waals surface area contributed by atoms with Crippen LogP contribution in [0.25, 0.3) is 10.9 Å². The molecule has 4 nitrogen and oxygen atoms in total. The van der Waals surface area contributed by atoms with Crippen LogP contribution in [0.1, 0.15) is 57.3 Å². The average molecular weight is 370 g/mol. The van der Waals surface area contributed by atoms with Crippen LogP contribution < -0.4 is 10.7 Å². The summed E-state index contributed by atoms with van der Waals surface area (Å²) in [5.74, 6) is -0.0992. The van der Waals surface area contributed by atoms with E-state index in [4.69, 9.17) is 0 Å². The standard InChI is InChI=1S/C22H27FN2O2/c1-5-25-12-16(18(26)15-7-6-14(23)10-17(15)25)19(27)24-20-21(2,3)13-8-9-22(20,4)11-13/h6-7,10,12-13,20H,5,8-9,11H2,1-4H3,(H,24,27)/t13-,20+,22+/m0/s1. The summed E-state index contributed by atoms with van der Waals surface area (Å²) in [6.45, 7) is 9.16. The van der Waals surface area contributed by atoms with Crippen molar-refractivity contribution in [2.75, 3.05) is 0 Å². The Morgan fingerprint density at radius 1 is 1.33 bits per heavy atom. The monoisotopic (exact) mass is 370 g/mol. The molecule has 2 fully saturated rings. The van der Waals surface area contributed by atoms with Gasteiger partial charge < -0.3 is 9.88 Å². The molecule has 0 spiro atoms. The van der Waals surface area contributed by atoms with Crippen molar-refractivity contribution >= 4 is 16.8 Å². The van der Waals surface area contributed by atoms with Gasteiger partial charge in [0.2, 0.25) is 5.43 Å². The number of aromatic nitrogens is 1. The van der Waals surface area contributed by atoms with Gasteiger partial charge in [-0.05, 0) is 61.1 Å². The molecule has 1 aromatic heterocycles. The largest absolute Gasteiger partial charge is 0.348 e. The Balaban J connectivity index is 1.75. The second-order valence-electron chi connectivity index (χ2n) is 9.14. The smallest absolute Gasteiger partial charge is 0.257 e. The Bertz CT molecular complexity index is 989. The molecule has 5 heteroatoms. The average Bonchev–Trinajstić information content (AvgIpc) is 3.10. The number of halogens is 1. The molecule has 27 heavy (non-hydrogen) atoms. The van der Waals surface area contributed by atoms with Crippen LogP contribution >= 0.6 is 0 Å². The van der Waals surface area contributed by atoms with Crippen molar-refractivity contribution in [2.45, 2.75) is 59.5 Å². The molecule has 2 aliphatic rings. The first kappa shape index (κ1) is 18.2. The molecule has 0 unspecified atom stereocenters. The minimum atomic E-state index is -0.391. The van der Waals surface area contributed by atoms with Gasteiger partial charge in [0.15, 0.2) is 0 Å². The van der Waals surface area contributed by atoms with Crippen molar-refractivity contribution in [3.05, 3.63) is 46.0 Å². The topological polar surface area (TPSA) is 51.1 Å². The summed E-state index contributed by atoms with van der Waals surface area (Å²) in [5.41, 5.74) is 0.433. The van der Waals surface area contributed by atoms with E-state index >= 15 is 0 Å². The molecule has 0 saturated heterocycles. The van der Waals surface area contributed by atoms with Crippen LogP contribution in [0, 0.1) is 22.6 Å². The van der Waals surface area contributed by atoms with Gasteiger partial charge in [0.25, 0.3) is 5.91 Å². The zero-order chi connectivity index (χ0) is 19.6. The van der Waals surface area contributed by atoms with Crippen molar-refractivity contribution in [2.24, 2.45) is 16.7 Å². The van der Waals surface area contributed by atoms with Crippen LogP contribution in [0.4, 0.5) is 4.39 Å².